The van der Waals surface area contributed by atoms with E-state index in [9.17, 15) is 4.79 Å². The first kappa shape index (κ1) is 16.7. The number of pyridine rings is 1. The zero-order valence-electron chi connectivity index (χ0n) is 14.9. The van der Waals surface area contributed by atoms with Crippen molar-refractivity contribution in [2.75, 3.05) is 38.3 Å². The van der Waals surface area contributed by atoms with Gasteiger partial charge in [0, 0.05) is 32.4 Å². The Kier molecular flexibility index (Phi) is 4.65. The number of benzene rings is 1. The van der Waals surface area contributed by atoms with E-state index in [1.165, 1.54) is 0 Å². The van der Waals surface area contributed by atoms with Crippen molar-refractivity contribution in [3.05, 3.63) is 48.2 Å². The van der Waals surface area contributed by atoms with Crippen LogP contribution in [0, 0.1) is 0 Å². The normalized spacial score (nSPS) is 19.1. The number of hydrogen-bond acceptors (Lipinski definition) is 5. The summed E-state index contributed by atoms with van der Waals surface area (Å²) in [6.07, 6.45) is 3.82. The highest BCUT2D eigenvalue weighted by Gasteiger charge is 2.30. The van der Waals surface area contributed by atoms with Gasteiger partial charge in [0.15, 0.2) is 11.5 Å². The average Bonchev–Trinajstić information content (AvgIpc) is 2.73. The molecule has 1 amide bonds. The largest absolute Gasteiger partial charge is 0.486 e. The highest BCUT2D eigenvalue weighted by molar-refractivity contribution is 5.98. The Balaban J connectivity index is 1.52. The van der Waals surface area contributed by atoms with Gasteiger partial charge in [0.1, 0.15) is 19.0 Å². The molecule has 0 bridgehead atoms. The van der Waals surface area contributed by atoms with Gasteiger partial charge in [-0.05, 0) is 37.1 Å². The van der Waals surface area contributed by atoms with Gasteiger partial charge < -0.3 is 19.3 Å². The Bertz CT molecular complexity index is 781. The van der Waals surface area contributed by atoms with Crippen molar-refractivity contribution in [1.82, 2.24) is 9.88 Å². The van der Waals surface area contributed by atoms with Crippen LogP contribution < -0.4 is 14.4 Å². The molecule has 0 radical (unpaired) electrons. The fraction of sp³-hybridized carbons (Fsp3) is 0.400. The van der Waals surface area contributed by atoms with Crippen molar-refractivity contribution in [2.45, 2.75) is 18.9 Å². The molecule has 0 aliphatic carbocycles. The monoisotopic (exact) mass is 353 g/mol. The first-order valence-electron chi connectivity index (χ1n) is 9.06. The molecule has 26 heavy (non-hydrogen) atoms. The number of fused-ring (bicyclic) bond motifs is 1. The summed E-state index contributed by atoms with van der Waals surface area (Å²) in [6.45, 7) is 2.74. The minimum absolute atomic E-state index is 0.0276. The number of nitrogens with zero attached hydrogens (tertiary/aromatic N) is 3. The highest BCUT2D eigenvalue weighted by Crippen LogP contribution is 2.34. The van der Waals surface area contributed by atoms with Crippen LogP contribution in [0.3, 0.4) is 0 Å². The molecule has 2 aliphatic rings. The molecule has 1 aromatic carbocycles. The second kappa shape index (κ2) is 7.23. The number of rotatable bonds is 3. The van der Waals surface area contributed by atoms with Gasteiger partial charge in [-0.1, -0.05) is 12.1 Å². The van der Waals surface area contributed by atoms with Crippen LogP contribution >= 0.6 is 0 Å². The van der Waals surface area contributed by atoms with E-state index in [4.69, 9.17) is 9.47 Å². The number of aromatic nitrogens is 1. The van der Waals surface area contributed by atoms with Gasteiger partial charge in [-0.2, -0.15) is 0 Å². The number of piperidine rings is 1. The molecular weight excluding hydrogens is 330 g/mol. The van der Waals surface area contributed by atoms with Gasteiger partial charge in [0.25, 0.3) is 5.91 Å². The van der Waals surface area contributed by atoms with Crippen LogP contribution in [0.4, 0.5) is 5.82 Å². The third kappa shape index (κ3) is 3.19. The molecule has 2 aliphatic heterocycles. The Morgan fingerprint density at radius 2 is 2.08 bits per heavy atom. The van der Waals surface area contributed by atoms with Crippen molar-refractivity contribution in [1.29, 1.82) is 0 Å². The molecule has 1 atom stereocenters. The zero-order chi connectivity index (χ0) is 17.9. The van der Waals surface area contributed by atoms with E-state index >= 15 is 0 Å². The summed E-state index contributed by atoms with van der Waals surface area (Å²) in [5, 5.41) is 0. The zero-order valence-corrected chi connectivity index (χ0v) is 14.9. The summed E-state index contributed by atoms with van der Waals surface area (Å²) in [4.78, 5) is 21.6. The maximum atomic E-state index is 13.1. The highest BCUT2D eigenvalue weighted by atomic mass is 16.6. The maximum absolute atomic E-state index is 13.1. The third-order valence-electron chi connectivity index (χ3n) is 5.03. The lowest BCUT2D eigenvalue weighted by molar-refractivity contribution is 0.0707. The lowest BCUT2D eigenvalue weighted by atomic mass is 10.0. The van der Waals surface area contributed by atoms with Gasteiger partial charge in [-0.15, -0.1) is 0 Å². The topological polar surface area (TPSA) is 54.9 Å². The van der Waals surface area contributed by atoms with Crippen LogP contribution in [0.25, 0.3) is 0 Å². The molecule has 3 heterocycles. The Morgan fingerprint density at radius 1 is 1.19 bits per heavy atom. The van der Waals surface area contributed by atoms with Crippen molar-refractivity contribution < 1.29 is 14.3 Å². The Morgan fingerprint density at radius 3 is 2.92 bits per heavy atom. The first-order valence-corrected chi connectivity index (χ1v) is 9.06. The Hall–Kier alpha value is -2.76. The molecule has 1 aromatic heterocycles. The minimum Gasteiger partial charge on any atom is -0.486 e. The maximum Gasteiger partial charge on any atom is 0.257 e. The van der Waals surface area contributed by atoms with Crippen molar-refractivity contribution in [3.8, 4) is 11.5 Å². The lowest BCUT2D eigenvalue weighted by Gasteiger charge is -2.38. The van der Waals surface area contributed by atoms with E-state index in [0.29, 0.717) is 30.3 Å². The van der Waals surface area contributed by atoms with Crippen LogP contribution in [0.2, 0.25) is 0 Å². The van der Waals surface area contributed by atoms with E-state index in [1.54, 1.807) is 6.20 Å². The van der Waals surface area contributed by atoms with Gasteiger partial charge in [0.05, 0.1) is 5.56 Å². The molecule has 6 nitrogen and oxygen atoms in total. The van der Waals surface area contributed by atoms with E-state index < -0.39 is 0 Å². The van der Waals surface area contributed by atoms with Gasteiger partial charge in [0.2, 0.25) is 0 Å². The Labute approximate surface area is 153 Å². The molecule has 4 rings (SSSR count). The van der Waals surface area contributed by atoms with Gasteiger partial charge in [-0.25, -0.2) is 4.98 Å². The number of amides is 1. The summed E-state index contributed by atoms with van der Waals surface area (Å²) in [5.41, 5.74) is 0.569. The fourth-order valence-corrected chi connectivity index (χ4v) is 3.62. The van der Waals surface area contributed by atoms with Crippen LogP contribution in [-0.2, 0) is 0 Å². The SMILES string of the molecule is CN(C(=O)c1cccc2c1OCCO2)[C@@H]1CCCN(c2ccccn2)C1. The number of para-hydroxylation sites is 1. The number of ether oxygens (including phenoxy) is 2. The number of carbonyl (C=O) groups excluding carboxylic acids is 1. The number of hydrogen-bond donors (Lipinski definition) is 0. The van der Waals surface area contributed by atoms with Crippen molar-refractivity contribution in [3.63, 3.8) is 0 Å². The molecule has 0 unspecified atom stereocenters. The van der Waals surface area contributed by atoms with E-state index in [1.807, 2.05) is 48.3 Å². The van der Waals surface area contributed by atoms with Crippen molar-refractivity contribution >= 4 is 11.7 Å². The third-order valence-corrected chi connectivity index (χ3v) is 5.03. The summed E-state index contributed by atoms with van der Waals surface area (Å²) < 4.78 is 11.3. The summed E-state index contributed by atoms with van der Waals surface area (Å²) in [6, 6.07) is 11.6. The van der Waals surface area contributed by atoms with Gasteiger partial charge in [-0.3, -0.25) is 4.79 Å². The minimum atomic E-state index is -0.0276. The number of likely N-dealkylation sites (N-methyl/N-ethyl adjacent to an activating group) is 1. The second-order valence-corrected chi connectivity index (χ2v) is 6.68. The first-order chi connectivity index (χ1) is 12.7. The molecule has 1 fully saturated rings. The van der Waals surface area contributed by atoms with Crippen LogP contribution in [0.5, 0.6) is 11.5 Å². The average molecular weight is 353 g/mol. The predicted octanol–water partition coefficient (Wildman–Crippen LogP) is 2.59. The number of anilines is 1. The van der Waals surface area contributed by atoms with E-state index in [2.05, 4.69) is 9.88 Å². The predicted molar refractivity (Wildman–Crippen MR) is 99.0 cm³/mol. The summed E-state index contributed by atoms with van der Waals surface area (Å²) in [7, 11) is 1.87. The second-order valence-electron chi connectivity index (χ2n) is 6.68. The molecule has 0 spiro atoms. The molecule has 0 saturated carbocycles. The molecule has 6 heteroatoms. The molecular formula is C20H23N3O3. The van der Waals surface area contributed by atoms with E-state index in [-0.39, 0.29) is 11.9 Å². The van der Waals surface area contributed by atoms with E-state index in [0.717, 1.165) is 31.7 Å². The molecule has 1 saturated heterocycles. The summed E-state index contributed by atoms with van der Waals surface area (Å²) >= 11 is 0. The lowest BCUT2D eigenvalue weighted by Crippen LogP contribution is -2.49. The quantitative estimate of drug-likeness (QED) is 0.849. The molecule has 136 valence electrons. The number of carbonyl (C=O) groups is 1. The molecule has 0 N–H and O–H groups in total. The van der Waals surface area contributed by atoms with Crippen LogP contribution in [-0.4, -0.2) is 55.2 Å². The van der Waals surface area contributed by atoms with Crippen LogP contribution in [0.1, 0.15) is 23.2 Å². The van der Waals surface area contributed by atoms with Crippen molar-refractivity contribution in [2.24, 2.45) is 0 Å². The smallest absolute Gasteiger partial charge is 0.257 e. The fourth-order valence-electron chi connectivity index (χ4n) is 3.62. The summed E-state index contributed by atoms with van der Waals surface area (Å²) in [5.74, 6) is 2.15. The standard InChI is InChI=1S/C20H23N3O3/c1-22(15-6-5-11-23(14-15)18-9-2-3-10-21-18)20(24)16-7-4-8-17-19(16)26-13-12-25-17/h2-4,7-10,15H,5-6,11-14H2,1H3/t15-/m1/s1. The molecule has 2 aromatic rings. The van der Waals surface area contributed by atoms with Crippen LogP contribution in [0.15, 0.2) is 42.6 Å². The van der Waals surface area contributed by atoms with Gasteiger partial charge >= 0.3 is 0 Å².